The van der Waals surface area contributed by atoms with Crippen molar-refractivity contribution in [2.24, 2.45) is 0 Å². The van der Waals surface area contributed by atoms with Gasteiger partial charge in [-0.05, 0) is 31.9 Å². The summed E-state index contributed by atoms with van der Waals surface area (Å²) in [5.74, 6) is 0. The molecule has 1 aliphatic heterocycles. The molecule has 0 aliphatic carbocycles. The van der Waals surface area contributed by atoms with Gasteiger partial charge in [0.1, 0.15) is 5.37 Å². The first-order chi connectivity index (χ1) is 8.43. The Kier molecular flexibility index (Phi) is 3.75. The Morgan fingerprint density at radius 3 is 2.33 bits per heavy atom. The average Bonchev–Trinajstić information content (AvgIpc) is 2.28. The molecule has 0 aromatic heterocycles. The summed E-state index contributed by atoms with van der Waals surface area (Å²) in [6, 6.07) is 3.81. The molecule has 1 aliphatic rings. The van der Waals surface area contributed by atoms with E-state index in [1.807, 2.05) is 32.9 Å². The topological polar surface area (TPSA) is 55.4 Å². The second-order valence-electron chi connectivity index (χ2n) is 4.79. The average molecular weight is 269 g/mol. The molecule has 0 spiro atoms. The van der Waals surface area contributed by atoms with Gasteiger partial charge in [0.25, 0.3) is 0 Å². The van der Waals surface area contributed by atoms with Crippen LogP contribution < -0.4 is 5.32 Å². The van der Waals surface area contributed by atoms with E-state index >= 15 is 0 Å². The minimum absolute atomic E-state index is 0.217. The lowest BCUT2D eigenvalue weighted by molar-refractivity contribution is 0.0977. The van der Waals surface area contributed by atoms with Crippen molar-refractivity contribution in [2.45, 2.75) is 31.0 Å². The van der Waals surface area contributed by atoms with E-state index in [2.05, 4.69) is 5.32 Å². The zero-order valence-electron chi connectivity index (χ0n) is 11.0. The molecule has 18 heavy (non-hydrogen) atoms. The molecule has 0 amide bonds. The van der Waals surface area contributed by atoms with Crippen molar-refractivity contribution in [3.63, 3.8) is 0 Å². The molecule has 0 bridgehead atoms. The lowest BCUT2D eigenvalue weighted by atomic mass is 10.1. The number of hydrogen-bond acceptors (Lipinski definition) is 4. The molecule has 1 unspecified atom stereocenters. The summed E-state index contributed by atoms with van der Waals surface area (Å²) in [7, 11) is -3.38. The molecule has 1 aromatic rings. The summed E-state index contributed by atoms with van der Waals surface area (Å²) in [5, 5.41) is 2.38. The Balaban J connectivity index is 2.47. The van der Waals surface area contributed by atoms with Gasteiger partial charge >= 0.3 is 0 Å². The van der Waals surface area contributed by atoms with E-state index in [0.29, 0.717) is 18.0 Å². The number of hydrogen-bond donors (Lipinski definition) is 1. The summed E-state index contributed by atoms with van der Waals surface area (Å²) in [6.07, 6.45) is 0. The van der Waals surface area contributed by atoms with E-state index in [1.54, 1.807) is 0 Å². The smallest absolute Gasteiger partial charge is 0.197 e. The lowest BCUT2D eigenvalue weighted by Crippen LogP contribution is -2.46. The van der Waals surface area contributed by atoms with Gasteiger partial charge in [-0.1, -0.05) is 17.7 Å². The third-order valence-electron chi connectivity index (χ3n) is 3.15. The largest absolute Gasteiger partial charge is 0.377 e. The van der Waals surface area contributed by atoms with Crippen LogP contribution in [0.5, 0.6) is 0 Å². The summed E-state index contributed by atoms with van der Waals surface area (Å²) >= 11 is 0. The molecule has 1 N–H and O–H groups in total. The molecule has 1 atom stereocenters. The number of aryl methyl sites for hydroxylation is 3. The van der Waals surface area contributed by atoms with Gasteiger partial charge in [0.05, 0.1) is 18.1 Å². The summed E-state index contributed by atoms with van der Waals surface area (Å²) in [6.45, 7) is 7.02. The Morgan fingerprint density at radius 1 is 1.22 bits per heavy atom. The van der Waals surface area contributed by atoms with E-state index in [-0.39, 0.29) is 6.61 Å². The molecule has 1 aromatic carbocycles. The van der Waals surface area contributed by atoms with Gasteiger partial charge in [-0.2, -0.15) is 0 Å². The second kappa shape index (κ2) is 4.99. The van der Waals surface area contributed by atoms with Crippen LogP contribution in [0.15, 0.2) is 17.0 Å². The van der Waals surface area contributed by atoms with Crippen LogP contribution in [0.25, 0.3) is 0 Å². The first-order valence-electron chi connectivity index (χ1n) is 6.06. The molecule has 2 rings (SSSR count). The van der Waals surface area contributed by atoms with Gasteiger partial charge in [-0.25, -0.2) is 8.42 Å². The zero-order valence-corrected chi connectivity index (χ0v) is 11.8. The Hall–Kier alpha value is -0.910. The van der Waals surface area contributed by atoms with Gasteiger partial charge < -0.3 is 4.74 Å². The normalized spacial score (nSPS) is 20.9. The SMILES string of the molecule is Cc1cc(C)c(S(=O)(=O)C2COCCN2)c(C)c1. The van der Waals surface area contributed by atoms with Crippen LogP contribution >= 0.6 is 0 Å². The van der Waals surface area contributed by atoms with Crippen molar-refractivity contribution in [2.75, 3.05) is 19.8 Å². The molecule has 1 heterocycles. The van der Waals surface area contributed by atoms with Crippen LogP contribution in [-0.2, 0) is 14.6 Å². The number of nitrogens with one attached hydrogen (secondary N) is 1. The highest BCUT2D eigenvalue weighted by molar-refractivity contribution is 7.92. The number of benzene rings is 1. The monoisotopic (exact) mass is 269 g/mol. The summed E-state index contributed by atoms with van der Waals surface area (Å²) in [4.78, 5) is 0.441. The van der Waals surface area contributed by atoms with Crippen LogP contribution in [0, 0.1) is 20.8 Å². The van der Waals surface area contributed by atoms with E-state index in [9.17, 15) is 8.42 Å². The number of sulfone groups is 1. The zero-order chi connectivity index (χ0) is 13.3. The maximum absolute atomic E-state index is 12.6. The fourth-order valence-corrected chi connectivity index (χ4v) is 4.41. The maximum Gasteiger partial charge on any atom is 0.197 e. The van der Waals surface area contributed by atoms with Crippen LogP contribution in [0.2, 0.25) is 0 Å². The quantitative estimate of drug-likeness (QED) is 0.880. The predicted molar refractivity (Wildman–Crippen MR) is 70.4 cm³/mol. The fraction of sp³-hybridized carbons (Fsp3) is 0.538. The van der Waals surface area contributed by atoms with Gasteiger partial charge in [-0.15, -0.1) is 0 Å². The Bertz CT molecular complexity index is 522. The molecule has 4 nitrogen and oxygen atoms in total. The molecule has 5 heteroatoms. The van der Waals surface area contributed by atoms with Gasteiger partial charge in [-0.3, -0.25) is 5.32 Å². The van der Waals surface area contributed by atoms with Crippen molar-refractivity contribution in [3.05, 3.63) is 28.8 Å². The standard InChI is InChI=1S/C13H19NO3S/c1-9-6-10(2)13(11(3)7-9)18(15,16)12-8-17-5-4-14-12/h6-7,12,14H,4-5,8H2,1-3H3. The Morgan fingerprint density at radius 2 is 1.83 bits per heavy atom. The van der Waals surface area contributed by atoms with Gasteiger partial charge in [0.15, 0.2) is 9.84 Å². The highest BCUT2D eigenvalue weighted by Crippen LogP contribution is 2.25. The minimum atomic E-state index is -3.38. The third kappa shape index (κ3) is 2.43. The van der Waals surface area contributed by atoms with E-state index < -0.39 is 15.2 Å². The highest BCUT2D eigenvalue weighted by atomic mass is 32.2. The van der Waals surface area contributed by atoms with Crippen LogP contribution in [0.3, 0.4) is 0 Å². The van der Waals surface area contributed by atoms with Crippen LogP contribution in [0.4, 0.5) is 0 Å². The summed E-state index contributed by atoms with van der Waals surface area (Å²) < 4.78 is 30.4. The fourth-order valence-electron chi connectivity index (χ4n) is 2.50. The third-order valence-corrected chi connectivity index (χ3v) is 5.42. The number of rotatable bonds is 2. The van der Waals surface area contributed by atoms with E-state index in [0.717, 1.165) is 16.7 Å². The van der Waals surface area contributed by atoms with Crippen LogP contribution in [0.1, 0.15) is 16.7 Å². The number of morpholine rings is 1. The van der Waals surface area contributed by atoms with Crippen molar-refractivity contribution < 1.29 is 13.2 Å². The molecular formula is C13H19NO3S. The first kappa shape index (κ1) is 13.5. The van der Waals surface area contributed by atoms with Crippen LogP contribution in [-0.4, -0.2) is 33.6 Å². The molecular weight excluding hydrogens is 250 g/mol. The number of ether oxygens (including phenoxy) is 1. The predicted octanol–water partition coefficient (Wildman–Crippen LogP) is 1.33. The molecule has 100 valence electrons. The highest BCUT2D eigenvalue weighted by Gasteiger charge is 2.31. The van der Waals surface area contributed by atoms with Gasteiger partial charge in [0.2, 0.25) is 0 Å². The van der Waals surface area contributed by atoms with Crippen molar-refractivity contribution in [3.8, 4) is 0 Å². The second-order valence-corrected chi connectivity index (χ2v) is 6.86. The molecule has 1 saturated heterocycles. The molecule has 0 radical (unpaired) electrons. The van der Waals surface area contributed by atoms with Crippen molar-refractivity contribution in [1.82, 2.24) is 5.32 Å². The maximum atomic E-state index is 12.6. The first-order valence-corrected chi connectivity index (χ1v) is 7.60. The summed E-state index contributed by atoms with van der Waals surface area (Å²) in [5.41, 5.74) is 2.69. The molecule has 0 saturated carbocycles. The molecule has 1 fully saturated rings. The Labute approximate surface area is 108 Å². The van der Waals surface area contributed by atoms with E-state index in [1.165, 1.54) is 0 Å². The minimum Gasteiger partial charge on any atom is -0.377 e. The van der Waals surface area contributed by atoms with E-state index in [4.69, 9.17) is 4.74 Å². The van der Waals surface area contributed by atoms with Crippen molar-refractivity contribution in [1.29, 1.82) is 0 Å². The van der Waals surface area contributed by atoms with Gasteiger partial charge in [0, 0.05) is 6.54 Å². The lowest BCUT2D eigenvalue weighted by Gasteiger charge is -2.25. The van der Waals surface area contributed by atoms with Crippen molar-refractivity contribution >= 4 is 9.84 Å².